The smallest absolute Gasteiger partial charge is 0.213 e. The molecule has 0 unspecified atom stereocenters. The summed E-state index contributed by atoms with van der Waals surface area (Å²) in [5.41, 5.74) is 3.30. The monoisotopic (exact) mass is 510 g/mol. The van der Waals surface area contributed by atoms with Crippen molar-refractivity contribution in [3.05, 3.63) is 70.9 Å². The zero-order valence-electron chi connectivity index (χ0n) is 22.7. The third-order valence-electron chi connectivity index (χ3n) is 8.75. The number of methoxy groups -OCH3 is 1. The molecular weight excluding hydrogens is 472 g/mol. The molecule has 198 valence electrons. The number of aromatic nitrogens is 1. The maximum Gasteiger partial charge on any atom is 0.213 e. The fourth-order valence-electron chi connectivity index (χ4n) is 6.40. The van der Waals surface area contributed by atoms with E-state index >= 15 is 0 Å². The van der Waals surface area contributed by atoms with Gasteiger partial charge >= 0.3 is 0 Å². The van der Waals surface area contributed by atoms with Crippen molar-refractivity contribution in [3.8, 4) is 11.9 Å². The number of pyridine rings is 1. The van der Waals surface area contributed by atoms with Crippen LogP contribution in [0.5, 0.6) is 5.88 Å². The van der Waals surface area contributed by atoms with E-state index in [0.29, 0.717) is 24.8 Å². The maximum atomic E-state index is 12.3. The molecule has 1 saturated carbocycles. The van der Waals surface area contributed by atoms with Crippen LogP contribution in [0.1, 0.15) is 72.1 Å². The number of nitrogens with zero attached hydrogens (tertiary/aromatic N) is 4. The SMILES string of the molecule is COc1cccc(C2(C#N)CCN(Cc3cc(C=O)c(CN(C)C4CCCCC4)c4ccccc34)CC2)n1. The number of nitriles is 1. The molecule has 5 rings (SSSR count). The molecule has 0 amide bonds. The van der Waals surface area contributed by atoms with Gasteiger partial charge in [0, 0.05) is 43.9 Å². The molecule has 1 aliphatic heterocycles. The van der Waals surface area contributed by atoms with Crippen molar-refractivity contribution in [1.29, 1.82) is 5.26 Å². The normalized spacial score (nSPS) is 18.4. The van der Waals surface area contributed by atoms with Gasteiger partial charge in [0.1, 0.15) is 11.7 Å². The maximum absolute atomic E-state index is 12.3. The molecule has 0 atom stereocenters. The van der Waals surface area contributed by atoms with Crippen LogP contribution in [0.4, 0.5) is 0 Å². The van der Waals surface area contributed by atoms with Crippen LogP contribution < -0.4 is 4.74 Å². The third-order valence-corrected chi connectivity index (χ3v) is 8.75. The van der Waals surface area contributed by atoms with Crippen molar-refractivity contribution >= 4 is 17.1 Å². The van der Waals surface area contributed by atoms with Gasteiger partial charge in [-0.05, 0) is 66.8 Å². The van der Waals surface area contributed by atoms with Gasteiger partial charge in [0.25, 0.3) is 0 Å². The minimum Gasteiger partial charge on any atom is -0.481 e. The van der Waals surface area contributed by atoms with E-state index in [-0.39, 0.29) is 0 Å². The van der Waals surface area contributed by atoms with Crippen molar-refractivity contribution < 1.29 is 9.53 Å². The molecule has 2 heterocycles. The van der Waals surface area contributed by atoms with Crippen LogP contribution in [0.3, 0.4) is 0 Å². The second-order valence-corrected chi connectivity index (χ2v) is 11.0. The number of carbonyl (C=O) groups excluding carboxylic acids is 1. The highest BCUT2D eigenvalue weighted by atomic mass is 16.5. The molecular formula is C32H38N4O2. The lowest BCUT2D eigenvalue weighted by molar-refractivity contribution is 0.112. The Morgan fingerprint density at radius 2 is 1.84 bits per heavy atom. The van der Waals surface area contributed by atoms with Gasteiger partial charge in [0.2, 0.25) is 5.88 Å². The van der Waals surface area contributed by atoms with Crippen LogP contribution in [-0.4, -0.2) is 54.4 Å². The molecule has 1 aromatic heterocycles. The van der Waals surface area contributed by atoms with Crippen LogP contribution in [0, 0.1) is 11.3 Å². The number of hydrogen-bond acceptors (Lipinski definition) is 6. The summed E-state index contributed by atoms with van der Waals surface area (Å²) in [4.78, 5) is 21.8. The lowest BCUT2D eigenvalue weighted by atomic mass is 9.76. The van der Waals surface area contributed by atoms with E-state index in [1.165, 1.54) is 48.4 Å². The van der Waals surface area contributed by atoms with Gasteiger partial charge in [-0.1, -0.05) is 49.6 Å². The Labute approximate surface area is 226 Å². The first-order chi connectivity index (χ1) is 18.6. The number of hydrogen-bond donors (Lipinski definition) is 0. The molecule has 0 bridgehead atoms. The summed E-state index contributed by atoms with van der Waals surface area (Å²) in [5, 5.41) is 12.5. The highest BCUT2D eigenvalue weighted by Crippen LogP contribution is 2.36. The lowest BCUT2D eigenvalue weighted by Crippen LogP contribution is -2.42. The zero-order valence-corrected chi connectivity index (χ0v) is 22.7. The van der Waals surface area contributed by atoms with Gasteiger partial charge in [-0.25, -0.2) is 4.98 Å². The van der Waals surface area contributed by atoms with Crippen molar-refractivity contribution in [3.63, 3.8) is 0 Å². The number of fused-ring (bicyclic) bond motifs is 1. The van der Waals surface area contributed by atoms with Gasteiger partial charge in [0.15, 0.2) is 0 Å². The van der Waals surface area contributed by atoms with Crippen molar-refractivity contribution in [2.45, 2.75) is 69.5 Å². The number of carbonyl (C=O) groups is 1. The highest BCUT2D eigenvalue weighted by Gasteiger charge is 2.38. The van der Waals surface area contributed by atoms with Crippen LogP contribution in [-0.2, 0) is 18.5 Å². The largest absolute Gasteiger partial charge is 0.481 e. The second kappa shape index (κ2) is 11.6. The lowest BCUT2D eigenvalue weighted by Gasteiger charge is -2.37. The summed E-state index contributed by atoms with van der Waals surface area (Å²) in [6.45, 7) is 3.14. The van der Waals surface area contributed by atoms with Crippen molar-refractivity contribution in [2.24, 2.45) is 0 Å². The van der Waals surface area contributed by atoms with Crippen molar-refractivity contribution in [1.82, 2.24) is 14.8 Å². The molecule has 2 aromatic carbocycles. The van der Waals surface area contributed by atoms with Crippen LogP contribution in [0.25, 0.3) is 10.8 Å². The second-order valence-electron chi connectivity index (χ2n) is 11.0. The van der Waals surface area contributed by atoms with E-state index in [2.05, 4.69) is 58.2 Å². The number of aldehydes is 1. The summed E-state index contributed by atoms with van der Waals surface area (Å²) in [6, 6.07) is 19.5. The summed E-state index contributed by atoms with van der Waals surface area (Å²) < 4.78 is 5.30. The molecule has 0 radical (unpaired) electrons. The van der Waals surface area contributed by atoms with Gasteiger partial charge < -0.3 is 4.74 Å². The van der Waals surface area contributed by atoms with Gasteiger partial charge in [-0.3, -0.25) is 14.6 Å². The molecule has 6 heteroatoms. The first-order valence-corrected chi connectivity index (χ1v) is 13.9. The standard InChI is InChI=1S/C32H38N4O2/c1-35(26-9-4-3-5-10-26)21-29-25(22-37)19-24(27-11-6-7-12-28(27)29)20-36-17-15-32(23-33,16-18-36)30-13-8-14-31(34-30)38-2/h6-8,11-14,19,22,26H,3-5,9-10,15-18,20-21H2,1-2H3. The average Bonchev–Trinajstić information content (AvgIpc) is 2.99. The number of benzene rings is 2. The predicted octanol–water partition coefficient (Wildman–Crippen LogP) is 5.88. The Kier molecular flexibility index (Phi) is 8.06. The van der Waals surface area contributed by atoms with Crippen LogP contribution in [0.15, 0.2) is 48.5 Å². The van der Waals surface area contributed by atoms with Crippen molar-refractivity contribution in [2.75, 3.05) is 27.2 Å². The Morgan fingerprint density at radius 1 is 1.11 bits per heavy atom. The molecule has 6 nitrogen and oxygen atoms in total. The Morgan fingerprint density at radius 3 is 2.53 bits per heavy atom. The molecule has 2 aliphatic rings. The number of likely N-dealkylation sites (tertiary alicyclic amines) is 1. The molecule has 1 saturated heterocycles. The quantitative estimate of drug-likeness (QED) is 0.353. The number of rotatable bonds is 8. The van der Waals surface area contributed by atoms with E-state index in [9.17, 15) is 10.1 Å². The fourth-order valence-corrected chi connectivity index (χ4v) is 6.40. The number of piperidine rings is 1. The topological polar surface area (TPSA) is 69.5 Å². The molecule has 3 aromatic rings. The molecule has 38 heavy (non-hydrogen) atoms. The Hall–Kier alpha value is -3.27. The van der Waals surface area contributed by atoms with E-state index in [1.54, 1.807) is 7.11 Å². The summed E-state index contributed by atoms with van der Waals surface area (Å²) >= 11 is 0. The number of ether oxygens (including phenoxy) is 1. The first kappa shape index (κ1) is 26.3. The van der Waals surface area contributed by atoms with E-state index < -0.39 is 5.41 Å². The minimum absolute atomic E-state index is 0.543. The van der Waals surface area contributed by atoms with Gasteiger partial charge in [-0.2, -0.15) is 5.26 Å². The summed E-state index contributed by atoms with van der Waals surface area (Å²) in [6.07, 6.45) is 8.88. The highest BCUT2D eigenvalue weighted by molar-refractivity contribution is 5.95. The van der Waals surface area contributed by atoms with Crippen LogP contribution in [0.2, 0.25) is 0 Å². The Bertz CT molecular complexity index is 1320. The minimum atomic E-state index is -0.603. The summed E-state index contributed by atoms with van der Waals surface area (Å²) in [5.74, 6) is 0.543. The Balaban J connectivity index is 1.37. The molecule has 1 aliphatic carbocycles. The van der Waals surface area contributed by atoms with E-state index in [0.717, 1.165) is 49.3 Å². The predicted molar refractivity (Wildman–Crippen MR) is 150 cm³/mol. The van der Waals surface area contributed by atoms with E-state index in [4.69, 9.17) is 4.74 Å². The third kappa shape index (κ3) is 5.32. The van der Waals surface area contributed by atoms with Crippen LogP contribution >= 0.6 is 0 Å². The van der Waals surface area contributed by atoms with Gasteiger partial charge in [0.05, 0.1) is 18.9 Å². The zero-order chi connectivity index (χ0) is 26.5. The molecule has 2 fully saturated rings. The first-order valence-electron chi connectivity index (χ1n) is 13.9. The summed E-state index contributed by atoms with van der Waals surface area (Å²) in [7, 11) is 3.81. The van der Waals surface area contributed by atoms with E-state index in [1.807, 2.05) is 18.2 Å². The van der Waals surface area contributed by atoms with Gasteiger partial charge in [-0.15, -0.1) is 0 Å². The molecule has 0 spiro atoms. The fraction of sp³-hybridized carbons (Fsp3) is 0.469. The molecule has 0 N–H and O–H groups in total. The average molecular weight is 511 g/mol.